The first-order chi connectivity index (χ1) is 10.1. The monoisotopic (exact) mass is 279 g/mol. The average Bonchev–Trinajstić information content (AvgIpc) is 2.72. The van der Waals surface area contributed by atoms with Gasteiger partial charge in [0.2, 0.25) is 0 Å². The van der Waals surface area contributed by atoms with Crippen LogP contribution in [0, 0.1) is 0 Å². The van der Waals surface area contributed by atoms with Crippen LogP contribution in [0.1, 0.15) is 15.9 Å². The van der Waals surface area contributed by atoms with Gasteiger partial charge in [-0.25, -0.2) is 0 Å². The Morgan fingerprint density at radius 1 is 0.952 bits per heavy atom. The Labute approximate surface area is 118 Å². The van der Waals surface area contributed by atoms with Gasteiger partial charge in [-0.3, -0.25) is 9.59 Å². The second-order valence-electron chi connectivity index (χ2n) is 4.97. The van der Waals surface area contributed by atoms with Crippen molar-refractivity contribution in [3.8, 4) is 22.8 Å². The lowest BCUT2D eigenvalue weighted by molar-refractivity contribution is 0.104. The quantitative estimate of drug-likeness (QED) is 0.460. The van der Waals surface area contributed by atoms with Crippen molar-refractivity contribution < 1.29 is 15.0 Å². The van der Waals surface area contributed by atoms with Crippen LogP contribution >= 0.6 is 0 Å². The molecule has 4 rings (SSSR count). The fourth-order valence-electron chi connectivity index (χ4n) is 2.89. The Morgan fingerprint density at radius 2 is 1.67 bits per heavy atom. The van der Waals surface area contributed by atoms with Crippen LogP contribution in [0.5, 0.6) is 11.5 Å². The van der Waals surface area contributed by atoms with Crippen molar-refractivity contribution >= 4 is 16.6 Å². The fourth-order valence-corrected chi connectivity index (χ4v) is 2.89. The van der Waals surface area contributed by atoms with Crippen molar-refractivity contribution in [3.63, 3.8) is 0 Å². The predicted molar refractivity (Wildman–Crippen MR) is 76.8 cm³/mol. The van der Waals surface area contributed by atoms with Gasteiger partial charge in [0.1, 0.15) is 11.5 Å². The Hall–Kier alpha value is -3.08. The summed E-state index contributed by atoms with van der Waals surface area (Å²) in [5, 5.41) is 19.8. The Kier molecular flexibility index (Phi) is 2.08. The van der Waals surface area contributed by atoms with E-state index in [1.165, 1.54) is 6.07 Å². The minimum atomic E-state index is -0.495. The molecule has 1 heterocycles. The van der Waals surface area contributed by atoms with Crippen LogP contribution in [-0.2, 0) is 0 Å². The van der Waals surface area contributed by atoms with Gasteiger partial charge in [0.05, 0.1) is 16.6 Å². The van der Waals surface area contributed by atoms with E-state index in [2.05, 4.69) is 4.98 Å². The number of pyridine rings is 1. The summed E-state index contributed by atoms with van der Waals surface area (Å²) >= 11 is 0. The summed E-state index contributed by atoms with van der Waals surface area (Å²) in [6.07, 6.45) is 0. The Morgan fingerprint density at radius 3 is 2.43 bits per heavy atom. The highest BCUT2D eigenvalue weighted by Crippen LogP contribution is 2.40. The summed E-state index contributed by atoms with van der Waals surface area (Å²) in [5.74, 6) is -0.777. The van der Waals surface area contributed by atoms with Crippen LogP contribution in [0.2, 0.25) is 0 Å². The highest BCUT2D eigenvalue weighted by molar-refractivity contribution is 6.26. The van der Waals surface area contributed by atoms with E-state index in [-0.39, 0.29) is 28.1 Å². The Bertz CT molecular complexity index is 1000. The molecule has 0 atom stereocenters. The summed E-state index contributed by atoms with van der Waals surface area (Å²) in [4.78, 5) is 27.4. The van der Waals surface area contributed by atoms with Crippen molar-refractivity contribution in [2.45, 2.75) is 0 Å². The molecule has 0 saturated carbocycles. The highest BCUT2D eigenvalue weighted by Gasteiger charge is 2.30. The molecule has 3 aromatic rings. The summed E-state index contributed by atoms with van der Waals surface area (Å²) in [7, 11) is 0. The van der Waals surface area contributed by atoms with Crippen molar-refractivity contribution in [1.29, 1.82) is 0 Å². The molecule has 0 saturated heterocycles. The summed E-state index contributed by atoms with van der Waals surface area (Å²) in [6, 6.07) is 9.37. The number of aromatic amines is 1. The van der Waals surface area contributed by atoms with E-state index < -0.39 is 5.56 Å². The van der Waals surface area contributed by atoms with E-state index in [1.54, 1.807) is 24.3 Å². The molecule has 0 fully saturated rings. The zero-order valence-corrected chi connectivity index (χ0v) is 10.7. The Balaban J connectivity index is 2.26. The molecule has 21 heavy (non-hydrogen) atoms. The van der Waals surface area contributed by atoms with Gasteiger partial charge in [0, 0.05) is 22.6 Å². The summed E-state index contributed by atoms with van der Waals surface area (Å²) in [5.41, 5.74) is 1.39. The van der Waals surface area contributed by atoms with Gasteiger partial charge >= 0.3 is 0 Å². The molecule has 0 bridgehead atoms. The van der Waals surface area contributed by atoms with Gasteiger partial charge in [-0.15, -0.1) is 0 Å². The number of ketones is 1. The van der Waals surface area contributed by atoms with E-state index >= 15 is 0 Å². The van der Waals surface area contributed by atoms with Crippen LogP contribution in [0.15, 0.2) is 41.2 Å². The number of aromatic nitrogens is 1. The van der Waals surface area contributed by atoms with Gasteiger partial charge in [-0.1, -0.05) is 24.3 Å². The lowest BCUT2D eigenvalue weighted by Crippen LogP contribution is -2.10. The molecule has 1 aromatic heterocycles. The highest BCUT2D eigenvalue weighted by atomic mass is 16.3. The lowest BCUT2D eigenvalue weighted by atomic mass is 10.0. The second kappa shape index (κ2) is 3.73. The van der Waals surface area contributed by atoms with Crippen LogP contribution in [0.25, 0.3) is 22.0 Å². The number of aromatic hydroxyl groups is 2. The van der Waals surface area contributed by atoms with Crippen LogP contribution in [0.3, 0.4) is 0 Å². The SMILES string of the molecule is O=C1c2ccccc2-c2[nH]c(=O)c3c(O)cc(O)cc3c21. The number of hydrogen-bond acceptors (Lipinski definition) is 4. The second-order valence-corrected chi connectivity index (χ2v) is 4.97. The molecule has 0 unspecified atom stereocenters. The van der Waals surface area contributed by atoms with E-state index in [4.69, 9.17) is 0 Å². The van der Waals surface area contributed by atoms with E-state index in [1.807, 2.05) is 0 Å². The molecule has 1 aliphatic rings. The standard InChI is InChI=1S/C16H9NO4/c18-7-5-10-12(11(19)6-7)16(21)17-14-8-3-1-2-4-9(8)15(20)13(10)14/h1-6,18-19H,(H,17,21). The normalized spacial score (nSPS) is 12.5. The zero-order valence-electron chi connectivity index (χ0n) is 10.7. The number of carbonyl (C=O) groups excluding carboxylic acids is 1. The minimum Gasteiger partial charge on any atom is -0.508 e. The van der Waals surface area contributed by atoms with Gasteiger partial charge in [0.15, 0.2) is 5.78 Å². The number of nitrogens with one attached hydrogen (secondary N) is 1. The number of H-pyrrole nitrogens is 1. The third-order valence-corrected chi connectivity index (χ3v) is 3.76. The van der Waals surface area contributed by atoms with E-state index in [0.717, 1.165) is 6.07 Å². The third kappa shape index (κ3) is 1.40. The van der Waals surface area contributed by atoms with Crippen molar-refractivity contribution in [1.82, 2.24) is 4.98 Å². The summed E-state index contributed by atoms with van der Waals surface area (Å²) < 4.78 is 0. The van der Waals surface area contributed by atoms with E-state index in [0.29, 0.717) is 22.4 Å². The maximum absolute atomic E-state index is 12.6. The number of rotatable bonds is 0. The number of benzene rings is 2. The van der Waals surface area contributed by atoms with Crippen LogP contribution in [-0.4, -0.2) is 21.0 Å². The molecule has 5 heteroatoms. The topological polar surface area (TPSA) is 90.4 Å². The van der Waals surface area contributed by atoms with Crippen LogP contribution < -0.4 is 5.56 Å². The molecule has 5 nitrogen and oxygen atoms in total. The zero-order chi connectivity index (χ0) is 14.7. The van der Waals surface area contributed by atoms with Crippen molar-refractivity contribution in [2.75, 3.05) is 0 Å². The van der Waals surface area contributed by atoms with E-state index in [9.17, 15) is 19.8 Å². The molecule has 0 spiro atoms. The maximum Gasteiger partial charge on any atom is 0.260 e. The van der Waals surface area contributed by atoms with Crippen LogP contribution in [0.4, 0.5) is 0 Å². The van der Waals surface area contributed by atoms with Gasteiger partial charge in [-0.2, -0.15) is 0 Å². The molecule has 3 N–H and O–H groups in total. The third-order valence-electron chi connectivity index (χ3n) is 3.76. The van der Waals surface area contributed by atoms with Gasteiger partial charge in [0.25, 0.3) is 5.56 Å². The molecular formula is C16H9NO4. The molecule has 0 aliphatic heterocycles. The largest absolute Gasteiger partial charge is 0.508 e. The molecule has 1 aliphatic carbocycles. The van der Waals surface area contributed by atoms with Gasteiger partial charge < -0.3 is 15.2 Å². The summed E-state index contributed by atoms with van der Waals surface area (Å²) in [6.45, 7) is 0. The number of hydrogen-bond donors (Lipinski definition) is 3. The molecule has 0 radical (unpaired) electrons. The number of carbonyl (C=O) groups is 1. The number of phenols is 2. The molecule has 2 aromatic carbocycles. The van der Waals surface area contributed by atoms with Gasteiger partial charge in [-0.05, 0) is 6.07 Å². The number of phenolic OH excluding ortho intramolecular Hbond substituents is 2. The first-order valence-corrected chi connectivity index (χ1v) is 6.34. The molecular weight excluding hydrogens is 270 g/mol. The number of fused-ring (bicyclic) bond motifs is 5. The lowest BCUT2D eigenvalue weighted by Gasteiger charge is -2.06. The first-order valence-electron chi connectivity index (χ1n) is 6.34. The predicted octanol–water partition coefficient (Wildman–Crippen LogP) is 2.15. The molecule has 102 valence electrons. The smallest absolute Gasteiger partial charge is 0.260 e. The average molecular weight is 279 g/mol. The molecule has 0 amide bonds. The minimum absolute atomic E-state index is 0.00714. The maximum atomic E-state index is 12.6. The fraction of sp³-hybridized carbons (Fsp3) is 0. The van der Waals surface area contributed by atoms with Crippen molar-refractivity contribution in [2.24, 2.45) is 0 Å². The first kappa shape index (κ1) is 11.7. The van der Waals surface area contributed by atoms with Crippen molar-refractivity contribution in [3.05, 3.63) is 57.9 Å².